The van der Waals surface area contributed by atoms with Gasteiger partial charge in [-0.05, 0) is 31.0 Å². The molecule has 122 valence electrons. The lowest BCUT2D eigenvalue weighted by Gasteiger charge is -2.12. The molecule has 0 aliphatic heterocycles. The van der Waals surface area contributed by atoms with E-state index in [4.69, 9.17) is 13.6 Å². The van der Waals surface area contributed by atoms with E-state index in [1.165, 1.54) is 0 Å². The van der Waals surface area contributed by atoms with E-state index in [1.54, 1.807) is 10.7 Å². The largest absolute Gasteiger partial charge is 0.398 e. The molecule has 4 N–H and O–H groups in total. The van der Waals surface area contributed by atoms with Gasteiger partial charge in [0.25, 0.3) is 0 Å². The molecule has 24 heavy (non-hydrogen) atoms. The lowest BCUT2D eigenvalue weighted by Crippen LogP contribution is -2.18. The summed E-state index contributed by atoms with van der Waals surface area (Å²) in [7, 11) is 6.01. The Kier molecular flexibility index (Phi) is 5.00. The van der Waals surface area contributed by atoms with Crippen LogP contribution in [0.5, 0.6) is 0 Å². The van der Waals surface area contributed by atoms with Crippen molar-refractivity contribution in [1.82, 2.24) is 19.9 Å². The minimum atomic E-state index is 0.544. The minimum Gasteiger partial charge on any atom is -0.398 e. The van der Waals surface area contributed by atoms with E-state index < -0.39 is 0 Å². The third kappa shape index (κ3) is 3.36. The summed E-state index contributed by atoms with van der Waals surface area (Å²) in [4.78, 5) is 4.63. The van der Waals surface area contributed by atoms with Crippen molar-refractivity contribution in [3.63, 3.8) is 0 Å². The van der Waals surface area contributed by atoms with Gasteiger partial charge in [-0.2, -0.15) is 9.61 Å². The maximum atomic E-state index is 6.09. The molecule has 3 aromatic rings. The van der Waals surface area contributed by atoms with Crippen LogP contribution in [0.3, 0.4) is 0 Å². The normalized spacial score (nSPS) is 11.0. The summed E-state index contributed by atoms with van der Waals surface area (Å²) in [6, 6.07) is 9.63. The second-order valence-corrected chi connectivity index (χ2v) is 5.58. The molecule has 0 aliphatic carbocycles. The van der Waals surface area contributed by atoms with Gasteiger partial charge in [-0.3, -0.25) is 0 Å². The molecule has 0 aliphatic rings. The third-order valence-corrected chi connectivity index (χ3v) is 3.82. The zero-order chi connectivity index (χ0) is 16.9. The summed E-state index contributed by atoms with van der Waals surface area (Å²) >= 11 is 0. The molecule has 7 heteroatoms. The van der Waals surface area contributed by atoms with Crippen molar-refractivity contribution in [2.75, 3.05) is 30.7 Å². The van der Waals surface area contributed by atoms with Crippen LogP contribution in [-0.4, -0.2) is 42.1 Å². The Labute approximate surface area is 142 Å². The van der Waals surface area contributed by atoms with Crippen molar-refractivity contribution in [3.8, 4) is 11.3 Å². The van der Waals surface area contributed by atoms with Gasteiger partial charge in [0.2, 0.25) is 0 Å². The number of aromatic nitrogens is 3. The van der Waals surface area contributed by atoms with Crippen molar-refractivity contribution in [2.24, 2.45) is 0 Å². The van der Waals surface area contributed by atoms with Gasteiger partial charge in [0, 0.05) is 30.1 Å². The predicted octanol–water partition coefficient (Wildman–Crippen LogP) is 1.18. The molecule has 6 nitrogen and oxygen atoms in total. The van der Waals surface area contributed by atoms with Gasteiger partial charge in [-0.1, -0.05) is 25.1 Å². The minimum absolute atomic E-state index is 0.544. The molecule has 2 heterocycles. The van der Waals surface area contributed by atoms with Crippen molar-refractivity contribution < 1.29 is 0 Å². The highest BCUT2D eigenvalue weighted by atomic mass is 15.3. The molecule has 0 saturated carbocycles. The Balaban J connectivity index is 1.94. The molecule has 0 bridgehead atoms. The molecule has 1 aromatic carbocycles. The predicted molar refractivity (Wildman–Crippen MR) is 99.9 cm³/mol. The zero-order valence-electron chi connectivity index (χ0n) is 13.8. The van der Waals surface area contributed by atoms with Gasteiger partial charge in [-0.15, -0.1) is 0 Å². The first kappa shape index (κ1) is 16.3. The topological polar surface area (TPSA) is 80.3 Å². The molecule has 2 aromatic heterocycles. The van der Waals surface area contributed by atoms with E-state index in [1.807, 2.05) is 30.3 Å². The molecular weight excluding hydrogens is 299 g/mol. The van der Waals surface area contributed by atoms with Crippen molar-refractivity contribution >= 4 is 30.5 Å². The highest BCUT2D eigenvalue weighted by Gasteiger charge is 2.11. The summed E-state index contributed by atoms with van der Waals surface area (Å²) in [6.45, 7) is 4.88. The van der Waals surface area contributed by atoms with Crippen LogP contribution >= 0.6 is 0 Å². The van der Waals surface area contributed by atoms with Crippen molar-refractivity contribution in [2.45, 2.75) is 13.3 Å². The monoisotopic (exact) mass is 320 g/mol. The Hall–Kier alpha value is -2.54. The molecular formula is C17H21BN6. The fourth-order valence-corrected chi connectivity index (χ4v) is 2.58. The molecule has 0 saturated heterocycles. The number of rotatable bonds is 7. The summed E-state index contributed by atoms with van der Waals surface area (Å²) in [5.41, 5.74) is 9.62. The number of hydrogen-bond donors (Lipinski definition) is 3. The number of hydrogen-bond acceptors (Lipinski definition) is 5. The van der Waals surface area contributed by atoms with Gasteiger partial charge in [0.05, 0.1) is 5.69 Å². The quantitative estimate of drug-likeness (QED) is 0.346. The van der Waals surface area contributed by atoms with Crippen LogP contribution in [0.4, 0.5) is 11.5 Å². The van der Waals surface area contributed by atoms with Gasteiger partial charge < -0.3 is 16.4 Å². The number of benzene rings is 1. The van der Waals surface area contributed by atoms with Gasteiger partial charge in [0.15, 0.2) is 5.65 Å². The molecule has 0 amide bonds. The lowest BCUT2D eigenvalue weighted by molar-refractivity contribution is 0.687. The third-order valence-electron chi connectivity index (χ3n) is 3.82. The molecule has 0 unspecified atom stereocenters. The number of nitrogen functional groups attached to an aromatic ring is 1. The Morgan fingerprint density at radius 2 is 2.08 bits per heavy atom. The number of nitrogens with zero attached hydrogens (tertiary/aromatic N) is 3. The number of nitrogens with one attached hydrogen (secondary N) is 2. The van der Waals surface area contributed by atoms with Crippen LogP contribution in [-0.2, 0) is 0 Å². The first-order valence-electron chi connectivity index (χ1n) is 8.14. The Morgan fingerprint density at radius 1 is 1.25 bits per heavy atom. The van der Waals surface area contributed by atoms with E-state index in [-0.39, 0.29) is 0 Å². The van der Waals surface area contributed by atoms with Crippen molar-refractivity contribution in [3.05, 3.63) is 36.5 Å². The molecule has 0 fully saturated rings. The summed E-state index contributed by atoms with van der Waals surface area (Å²) in [5, 5.41) is 11.0. The van der Waals surface area contributed by atoms with Gasteiger partial charge in [0.1, 0.15) is 13.7 Å². The highest BCUT2D eigenvalue weighted by molar-refractivity contribution is 6.36. The standard InChI is InChI=1S/C17H21BN6/c1-2-20-8-5-9-21-16-10-15(12-6-3-4-7-14(12)19)23-17-13(18)11-22-24(16)17/h3-4,6-7,10-11,20-21H,2,5,8-9,19H2,1H3. The summed E-state index contributed by atoms with van der Waals surface area (Å²) in [6.07, 6.45) is 2.63. The zero-order valence-corrected chi connectivity index (χ0v) is 13.8. The number of anilines is 2. The summed E-state index contributed by atoms with van der Waals surface area (Å²) in [5.74, 6) is 0.853. The van der Waals surface area contributed by atoms with E-state index in [9.17, 15) is 0 Å². The van der Waals surface area contributed by atoms with Crippen LogP contribution in [0.25, 0.3) is 16.9 Å². The first-order chi connectivity index (χ1) is 11.7. The smallest absolute Gasteiger partial charge is 0.150 e. The molecule has 3 rings (SSSR count). The van der Waals surface area contributed by atoms with Gasteiger partial charge in [-0.25, -0.2) is 4.98 Å². The number of nitrogens with two attached hydrogens (primary N) is 1. The van der Waals surface area contributed by atoms with E-state index in [0.717, 1.165) is 43.1 Å². The second-order valence-electron chi connectivity index (χ2n) is 5.58. The van der Waals surface area contributed by atoms with Gasteiger partial charge >= 0.3 is 0 Å². The summed E-state index contributed by atoms with van der Waals surface area (Å²) < 4.78 is 1.73. The van der Waals surface area contributed by atoms with E-state index >= 15 is 0 Å². The number of fused-ring (bicyclic) bond motifs is 1. The fourth-order valence-electron chi connectivity index (χ4n) is 2.58. The lowest BCUT2D eigenvalue weighted by atomic mass is 10.0. The van der Waals surface area contributed by atoms with Crippen LogP contribution in [0.1, 0.15) is 13.3 Å². The van der Waals surface area contributed by atoms with E-state index in [0.29, 0.717) is 16.8 Å². The van der Waals surface area contributed by atoms with Crippen LogP contribution in [0, 0.1) is 0 Å². The average molecular weight is 320 g/mol. The highest BCUT2D eigenvalue weighted by Crippen LogP contribution is 2.26. The molecule has 0 atom stereocenters. The maximum absolute atomic E-state index is 6.09. The molecule has 0 spiro atoms. The maximum Gasteiger partial charge on any atom is 0.150 e. The number of para-hydroxylation sites is 1. The van der Waals surface area contributed by atoms with Crippen molar-refractivity contribution in [1.29, 1.82) is 0 Å². The average Bonchev–Trinajstić information content (AvgIpc) is 2.96. The van der Waals surface area contributed by atoms with Crippen LogP contribution in [0.15, 0.2) is 36.5 Å². The SMILES string of the molecule is [B]c1cnn2c(NCCCNCC)cc(-c3ccccc3N)nc12. The Morgan fingerprint density at radius 3 is 2.88 bits per heavy atom. The fraction of sp³-hybridized carbons (Fsp3) is 0.294. The van der Waals surface area contributed by atoms with E-state index in [2.05, 4.69) is 27.6 Å². The second kappa shape index (κ2) is 7.36. The van der Waals surface area contributed by atoms with Crippen LogP contribution < -0.4 is 21.8 Å². The van der Waals surface area contributed by atoms with Crippen LogP contribution in [0.2, 0.25) is 0 Å². The molecule has 2 radical (unpaired) electrons. The Bertz CT molecular complexity index is 829. The first-order valence-corrected chi connectivity index (χ1v) is 8.14.